The molecule has 0 saturated carbocycles. The van der Waals surface area contributed by atoms with Gasteiger partial charge in [0, 0.05) is 0 Å². The van der Waals surface area contributed by atoms with Gasteiger partial charge in [0.25, 0.3) is 0 Å². The fraction of sp³-hybridized carbons (Fsp3) is 0.500. The van der Waals surface area contributed by atoms with Gasteiger partial charge in [0.1, 0.15) is 16.1 Å². The highest BCUT2D eigenvalue weighted by molar-refractivity contribution is 7.78. The van der Waals surface area contributed by atoms with Crippen LogP contribution in [-0.4, -0.2) is 15.4 Å². The topological polar surface area (TPSA) is 38.1 Å². The van der Waals surface area contributed by atoms with Gasteiger partial charge in [-0.05, 0) is 26.1 Å². The summed E-state index contributed by atoms with van der Waals surface area (Å²) in [5.74, 6) is 0. The Bertz CT molecular complexity index is 288. The molecule has 0 bridgehead atoms. The van der Waals surface area contributed by atoms with Crippen LogP contribution in [0.15, 0.2) is 4.99 Å². The summed E-state index contributed by atoms with van der Waals surface area (Å²) in [7, 11) is 0. The zero-order valence-electron chi connectivity index (χ0n) is 6.24. The molecule has 0 N–H and O–H groups in total. The molecule has 1 heterocycles. The predicted octanol–water partition coefficient (Wildman–Crippen LogP) is 2.01. The van der Waals surface area contributed by atoms with E-state index in [4.69, 9.17) is 0 Å². The van der Waals surface area contributed by atoms with Crippen molar-refractivity contribution >= 4 is 28.7 Å². The van der Waals surface area contributed by atoms with Crippen molar-refractivity contribution < 1.29 is 0 Å². The number of hydrogen-bond donors (Lipinski definition) is 0. The van der Waals surface area contributed by atoms with Crippen LogP contribution in [-0.2, 0) is 0 Å². The Morgan fingerprint density at radius 1 is 1.64 bits per heavy atom. The van der Waals surface area contributed by atoms with E-state index in [9.17, 15) is 0 Å². The first kappa shape index (κ1) is 8.46. The quantitative estimate of drug-likeness (QED) is 0.522. The lowest BCUT2D eigenvalue weighted by Crippen LogP contribution is -1.86. The average Bonchev–Trinajstić information content (AvgIpc) is 2.36. The van der Waals surface area contributed by atoms with Gasteiger partial charge in [-0.25, -0.2) is 4.99 Å². The molecule has 0 aliphatic heterocycles. The summed E-state index contributed by atoms with van der Waals surface area (Å²) in [6.07, 6.45) is 0. The van der Waals surface area contributed by atoms with E-state index in [1.165, 1.54) is 11.3 Å². The summed E-state index contributed by atoms with van der Waals surface area (Å²) < 4.78 is 0. The molecule has 0 radical (unpaired) electrons. The van der Waals surface area contributed by atoms with E-state index < -0.39 is 0 Å². The van der Waals surface area contributed by atoms with Gasteiger partial charge >= 0.3 is 0 Å². The second-order valence-electron chi connectivity index (χ2n) is 2.06. The highest BCUT2D eigenvalue weighted by Gasteiger charge is 2.07. The summed E-state index contributed by atoms with van der Waals surface area (Å²) in [6, 6.07) is -0.00120. The maximum atomic E-state index is 4.47. The SMILES string of the molecule is Cc1nnc(C(C)N=C=S)s1. The van der Waals surface area contributed by atoms with Crippen LogP contribution in [0.25, 0.3) is 0 Å². The number of rotatable bonds is 2. The van der Waals surface area contributed by atoms with Crippen molar-refractivity contribution in [1.82, 2.24) is 10.2 Å². The van der Waals surface area contributed by atoms with E-state index in [1.807, 2.05) is 13.8 Å². The van der Waals surface area contributed by atoms with E-state index in [0.29, 0.717) is 0 Å². The van der Waals surface area contributed by atoms with Crippen LogP contribution in [0.4, 0.5) is 0 Å². The zero-order chi connectivity index (χ0) is 8.27. The molecule has 3 nitrogen and oxygen atoms in total. The van der Waals surface area contributed by atoms with Crippen molar-refractivity contribution in [2.75, 3.05) is 0 Å². The number of isothiocyanates is 1. The lowest BCUT2D eigenvalue weighted by molar-refractivity contribution is 0.792. The molecule has 1 unspecified atom stereocenters. The van der Waals surface area contributed by atoms with Gasteiger partial charge in [0.05, 0.1) is 5.16 Å². The molecule has 11 heavy (non-hydrogen) atoms. The van der Waals surface area contributed by atoms with E-state index in [-0.39, 0.29) is 6.04 Å². The number of aliphatic imine (C=N–C) groups is 1. The van der Waals surface area contributed by atoms with Crippen molar-refractivity contribution in [3.05, 3.63) is 10.0 Å². The van der Waals surface area contributed by atoms with Crippen LogP contribution in [0.1, 0.15) is 23.0 Å². The fourth-order valence-corrected chi connectivity index (χ4v) is 1.46. The molecule has 0 aliphatic rings. The van der Waals surface area contributed by atoms with E-state index in [1.54, 1.807) is 0 Å². The molecular formula is C6H7N3S2. The summed E-state index contributed by atoms with van der Waals surface area (Å²) >= 11 is 6.01. The number of thiocarbonyl (C=S) groups is 1. The second kappa shape index (κ2) is 3.67. The molecule has 1 aromatic rings. The molecule has 0 fully saturated rings. The lowest BCUT2D eigenvalue weighted by Gasteiger charge is -1.94. The monoisotopic (exact) mass is 185 g/mol. The Morgan fingerprint density at radius 2 is 2.36 bits per heavy atom. The summed E-state index contributed by atoms with van der Waals surface area (Å²) in [5, 5.41) is 12.0. The molecule has 58 valence electrons. The normalized spacial score (nSPS) is 12.2. The number of nitrogens with zero attached hydrogens (tertiary/aromatic N) is 3. The molecule has 5 heteroatoms. The Hall–Kier alpha value is -0.640. The third-order valence-corrected chi connectivity index (χ3v) is 2.26. The van der Waals surface area contributed by atoms with Crippen molar-refractivity contribution in [2.24, 2.45) is 4.99 Å². The highest BCUT2D eigenvalue weighted by atomic mass is 32.1. The average molecular weight is 185 g/mol. The molecule has 1 atom stereocenters. The third-order valence-electron chi connectivity index (χ3n) is 1.15. The predicted molar refractivity (Wildman–Crippen MR) is 48.1 cm³/mol. The first-order chi connectivity index (χ1) is 5.24. The van der Waals surface area contributed by atoms with Crippen LogP contribution in [0.3, 0.4) is 0 Å². The number of hydrogen-bond acceptors (Lipinski definition) is 5. The minimum Gasteiger partial charge on any atom is -0.222 e. The second-order valence-corrected chi connectivity index (χ2v) is 3.45. The number of aromatic nitrogens is 2. The van der Waals surface area contributed by atoms with E-state index in [2.05, 4.69) is 32.6 Å². The van der Waals surface area contributed by atoms with Crippen molar-refractivity contribution in [3.63, 3.8) is 0 Å². The maximum absolute atomic E-state index is 4.47. The molecule has 0 saturated heterocycles. The van der Waals surface area contributed by atoms with Crippen LogP contribution < -0.4 is 0 Å². The Labute approximate surface area is 74.2 Å². The summed E-state index contributed by atoms with van der Waals surface area (Å²) in [5.41, 5.74) is 0. The molecule has 0 amide bonds. The first-order valence-electron chi connectivity index (χ1n) is 3.11. The van der Waals surface area contributed by atoms with Gasteiger partial charge in [-0.3, -0.25) is 0 Å². The van der Waals surface area contributed by atoms with Gasteiger partial charge in [-0.15, -0.1) is 10.2 Å². The molecule has 0 aromatic carbocycles. The van der Waals surface area contributed by atoms with Crippen LogP contribution >= 0.6 is 23.6 Å². The van der Waals surface area contributed by atoms with Crippen LogP contribution in [0.2, 0.25) is 0 Å². The standard InChI is InChI=1S/C6H7N3S2/c1-4(7-3-10)6-9-8-5(2)11-6/h4H,1-2H3. The smallest absolute Gasteiger partial charge is 0.142 e. The molecule has 0 aliphatic carbocycles. The van der Waals surface area contributed by atoms with Crippen LogP contribution in [0.5, 0.6) is 0 Å². The highest BCUT2D eigenvalue weighted by Crippen LogP contribution is 2.19. The summed E-state index contributed by atoms with van der Waals surface area (Å²) in [4.78, 5) is 3.88. The molecule has 0 spiro atoms. The molecule has 1 aromatic heterocycles. The van der Waals surface area contributed by atoms with Gasteiger partial charge in [0.2, 0.25) is 0 Å². The van der Waals surface area contributed by atoms with Crippen molar-refractivity contribution in [3.8, 4) is 0 Å². The minimum absolute atomic E-state index is 0.00120. The molecular weight excluding hydrogens is 178 g/mol. The fourth-order valence-electron chi connectivity index (χ4n) is 0.615. The van der Waals surface area contributed by atoms with Crippen molar-refractivity contribution in [1.29, 1.82) is 0 Å². The van der Waals surface area contributed by atoms with Gasteiger partial charge in [-0.2, -0.15) is 0 Å². The Morgan fingerprint density at radius 3 is 2.82 bits per heavy atom. The lowest BCUT2D eigenvalue weighted by atomic mass is 10.4. The Kier molecular flexibility index (Phi) is 2.82. The molecule has 1 rings (SSSR count). The van der Waals surface area contributed by atoms with Gasteiger partial charge < -0.3 is 0 Å². The minimum atomic E-state index is -0.00120. The Balaban J connectivity index is 2.84. The first-order valence-corrected chi connectivity index (χ1v) is 4.33. The zero-order valence-corrected chi connectivity index (χ0v) is 7.87. The van der Waals surface area contributed by atoms with Gasteiger partial charge in [-0.1, -0.05) is 11.3 Å². The summed E-state index contributed by atoms with van der Waals surface area (Å²) in [6.45, 7) is 3.83. The van der Waals surface area contributed by atoms with Crippen molar-refractivity contribution in [2.45, 2.75) is 19.9 Å². The van der Waals surface area contributed by atoms with E-state index in [0.717, 1.165) is 10.0 Å². The van der Waals surface area contributed by atoms with Crippen LogP contribution in [0, 0.1) is 6.92 Å². The number of aryl methyl sites for hydroxylation is 1. The van der Waals surface area contributed by atoms with E-state index >= 15 is 0 Å². The maximum Gasteiger partial charge on any atom is 0.142 e. The van der Waals surface area contributed by atoms with Gasteiger partial charge in [0.15, 0.2) is 0 Å². The largest absolute Gasteiger partial charge is 0.222 e. The third kappa shape index (κ3) is 2.15.